The molecule has 0 radical (unpaired) electrons. The molecule has 2 aromatic heterocycles. The standard InChI is InChI=1S/C17H22N4O2S/c1-13-2-3-14(24-13)11-19-4-5-21-15(10-18-16(21)12-19)17(22)20-6-8-23-9-7-20/h2-3,10H,4-9,11-12H2,1H3. The van der Waals surface area contributed by atoms with E-state index in [1.165, 1.54) is 9.75 Å². The van der Waals surface area contributed by atoms with E-state index < -0.39 is 0 Å². The van der Waals surface area contributed by atoms with Gasteiger partial charge in [0.05, 0.1) is 26.0 Å². The van der Waals surface area contributed by atoms with Gasteiger partial charge in [0.1, 0.15) is 11.5 Å². The normalized spacial score (nSPS) is 18.6. The van der Waals surface area contributed by atoms with Crippen LogP contribution in [0.3, 0.4) is 0 Å². The maximum atomic E-state index is 12.7. The molecule has 0 saturated carbocycles. The number of thiophene rings is 1. The maximum Gasteiger partial charge on any atom is 0.272 e. The highest BCUT2D eigenvalue weighted by atomic mass is 32.1. The van der Waals surface area contributed by atoms with Gasteiger partial charge in [-0.3, -0.25) is 9.69 Å². The predicted octanol–water partition coefficient (Wildman–Crippen LogP) is 1.74. The van der Waals surface area contributed by atoms with E-state index in [1.807, 2.05) is 16.2 Å². The average molecular weight is 346 g/mol. The Bertz CT molecular complexity index is 733. The van der Waals surface area contributed by atoms with Crippen LogP contribution in [0.4, 0.5) is 0 Å². The molecular weight excluding hydrogens is 324 g/mol. The summed E-state index contributed by atoms with van der Waals surface area (Å²) < 4.78 is 7.42. The van der Waals surface area contributed by atoms with E-state index >= 15 is 0 Å². The molecule has 1 saturated heterocycles. The van der Waals surface area contributed by atoms with Crippen molar-refractivity contribution in [2.45, 2.75) is 26.6 Å². The number of ether oxygens (including phenoxy) is 1. The van der Waals surface area contributed by atoms with E-state index in [1.54, 1.807) is 6.20 Å². The van der Waals surface area contributed by atoms with Gasteiger partial charge in [-0.05, 0) is 19.1 Å². The van der Waals surface area contributed by atoms with E-state index in [0.717, 1.165) is 37.7 Å². The molecule has 0 aliphatic carbocycles. The van der Waals surface area contributed by atoms with Gasteiger partial charge in [0.2, 0.25) is 0 Å². The summed E-state index contributed by atoms with van der Waals surface area (Å²) in [6.07, 6.45) is 1.74. The Hall–Kier alpha value is -1.70. The van der Waals surface area contributed by atoms with E-state index in [0.29, 0.717) is 26.3 Å². The second kappa shape index (κ2) is 6.66. The lowest BCUT2D eigenvalue weighted by Gasteiger charge is -2.30. The largest absolute Gasteiger partial charge is 0.378 e. The lowest BCUT2D eigenvalue weighted by atomic mass is 10.3. The molecular formula is C17H22N4O2S. The molecule has 0 N–H and O–H groups in total. The van der Waals surface area contributed by atoms with Crippen molar-refractivity contribution in [3.05, 3.63) is 39.6 Å². The minimum Gasteiger partial charge on any atom is -0.378 e. The molecule has 0 aromatic carbocycles. The molecule has 0 bridgehead atoms. The quantitative estimate of drug-likeness (QED) is 0.849. The number of morpholine rings is 1. The second-order valence-corrected chi connectivity index (χ2v) is 7.71. The fourth-order valence-electron chi connectivity index (χ4n) is 3.33. The van der Waals surface area contributed by atoms with Gasteiger partial charge < -0.3 is 14.2 Å². The summed E-state index contributed by atoms with van der Waals surface area (Å²) >= 11 is 1.85. The SMILES string of the molecule is Cc1ccc(CN2CCn3c(C(=O)N4CCOCC4)cnc3C2)s1. The molecule has 128 valence electrons. The van der Waals surface area contributed by atoms with Crippen molar-refractivity contribution in [3.8, 4) is 0 Å². The molecule has 1 amide bonds. The van der Waals surface area contributed by atoms with Crippen LogP contribution in [0.25, 0.3) is 0 Å². The molecule has 6 nitrogen and oxygen atoms in total. The van der Waals surface area contributed by atoms with Crippen LogP contribution >= 0.6 is 11.3 Å². The number of fused-ring (bicyclic) bond motifs is 1. The number of hydrogen-bond acceptors (Lipinski definition) is 5. The zero-order chi connectivity index (χ0) is 16.5. The Kier molecular flexibility index (Phi) is 4.39. The Balaban J connectivity index is 1.46. The van der Waals surface area contributed by atoms with Gasteiger partial charge in [0.25, 0.3) is 5.91 Å². The fourth-order valence-corrected chi connectivity index (χ4v) is 4.27. The van der Waals surface area contributed by atoms with Crippen LogP contribution in [0.1, 0.15) is 26.1 Å². The second-order valence-electron chi connectivity index (χ2n) is 6.34. The number of carbonyl (C=O) groups is 1. The topological polar surface area (TPSA) is 50.6 Å². The third-order valence-electron chi connectivity index (χ3n) is 4.64. The number of aryl methyl sites for hydroxylation is 1. The van der Waals surface area contributed by atoms with Gasteiger partial charge in [0.15, 0.2) is 0 Å². The van der Waals surface area contributed by atoms with Crippen molar-refractivity contribution in [2.75, 3.05) is 32.8 Å². The van der Waals surface area contributed by atoms with Crippen LogP contribution in [-0.4, -0.2) is 58.1 Å². The van der Waals surface area contributed by atoms with E-state index in [4.69, 9.17) is 4.74 Å². The van der Waals surface area contributed by atoms with Crippen molar-refractivity contribution in [3.63, 3.8) is 0 Å². The minimum atomic E-state index is 0.0828. The number of rotatable bonds is 3. The number of amides is 1. The number of carbonyl (C=O) groups excluding carboxylic acids is 1. The lowest BCUT2D eigenvalue weighted by molar-refractivity contribution is 0.0294. The third-order valence-corrected chi connectivity index (χ3v) is 5.62. The van der Waals surface area contributed by atoms with E-state index in [-0.39, 0.29) is 5.91 Å². The van der Waals surface area contributed by atoms with E-state index in [2.05, 4.69) is 33.5 Å². The van der Waals surface area contributed by atoms with Crippen LogP contribution < -0.4 is 0 Å². The van der Waals surface area contributed by atoms with Crippen LogP contribution in [0.5, 0.6) is 0 Å². The fraction of sp³-hybridized carbons (Fsp3) is 0.529. The van der Waals surface area contributed by atoms with Crippen molar-refractivity contribution < 1.29 is 9.53 Å². The summed E-state index contributed by atoms with van der Waals surface area (Å²) in [6.45, 7) is 8.26. The highest BCUT2D eigenvalue weighted by molar-refractivity contribution is 7.11. The average Bonchev–Trinajstić information content (AvgIpc) is 3.21. The van der Waals surface area contributed by atoms with Crippen molar-refractivity contribution in [2.24, 2.45) is 0 Å². The first-order chi connectivity index (χ1) is 11.7. The van der Waals surface area contributed by atoms with Crippen molar-refractivity contribution in [1.29, 1.82) is 0 Å². The van der Waals surface area contributed by atoms with Gasteiger partial charge in [-0.25, -0.2) is 4.98 Å². The molecule has 1 fully saturated rings. The number of nitrogens with zero attached hydrogens (tertiary/aromatic N) is 4. The molecule has 2 aromatic rings. The molecule has 4 heterocycles. The smallest absolute Gasteiger partial charge is 0.272 e. The first-order valence-electron chi connectivity index (χ1n) is 8.40. The van der Waals surface area contributed by atoms with E-state index in [9.17, 15) is 4.79 Å². The summed E-state index contributed by atoms with van der Waals surface area (Å²) in [7, 11) is 0. The summed E-state index contributed by atoms with van der Waals surface area (Å²) in [4.78, 5) is 24.2. The van der Waals surface area contributed by atoms with Crippen LogP contribution in [0.15, 0.2) is 18.3 Å². The predicted molar refractivity (Wildman–Crippen MR) is 92.1 cm³/mol. The van der Waals surface area contributed by atoms with Crippen molar-refractivity contribution >= 4 is 17.2 Å². The Labute approximate surface area is 145 Å². The zero-order valence-corrected chi connectivity index (χ0v) is 14.7. The monoisotopic (exact) mass is 346 g/mol. The zero-order valence-electron chi connectivity index (χ0n) is 13.9. The maximum absolute atomic E-state index is 12.7. The van der Waals surface area contributed by atoms with Crippen molar-refractivity contribution in [1.82, 2.24) is 19.4 Å². The summed E-state index contributed by atoms with van der Waals surface area (Å²) in [6, 6.07) is 4.37. The minimum absolute atomic E-state index is 0.0828. The third kappa shape index (κ3) is 3.11. The van der Waals surface area contributed by atoms with Gasteiger partial charge in [-0.15, -0.1) is 11.3 Å². The summed E-state index contributed by atoms with van der Waals surface area (Å²) in [5, 5.41) is 0. The highest BCUT2D eigenvalue weighted by Crippen LogP contribution is 2.21. The van der Waals surface area contributed by atoms with Gasteiger partial charge >= 0.3 is 0 Å². The molecule has 0 unspecified atom stereocenters. The number of imidazole rings is 1. The summed E-state index contributed by atoms with van der Waals surface area (Å²) in [5.74, 6) is 1.07. The number of aromatic nitrogens is 2. The van der Waals surface area contributed by atoms with Crippen LogP contribution in [-0.2, 0) is 24.4 Å². The first-order valence-corrected chi connectivity index (χ1v) is 9.21. The lowest BCUT2D eigenvalue weighted by Crippen LogP contribution is -2.42. The van der Waals surface area contributed by atoms with Gasteiger partial charge in [0, 0.05) is 42.5 Å². The Morgan fingerprint density at radius 3 is 2.83 bits per heavy atom. The first kappa shape index (κ1) is 15.8. The van der Waals surface area contributed by atoms with Gasteiger partial charge in [-0.1, -0.05) is 0 Å². The van der Waals surface area contributed by atoms with Gasteiger partial charge in [-0.2, -0.15) is 0 Å². The molecule has 2 aliphatic rings. The summed E-state index contributed by atoms with van der Waals surface area (Å²) in [5.41, 5.74) is 0.721. The molecule has 2 aliphatic heterocycles. The van der Waals surface area contributed by atoms with Crippen LogP contribution in [0.2, 0.25) is 0 Å². The molecule has 7 heteroatoms. The molecule has 0 spiro atoms. The highest BCUT2D eigenvalue weighted by Gasteiger charge is 2.26. The Morgan fingerprint density at radius 1 is 1.25 bits per heavy atom. The molecule has 4 rings (SSSR count). The number of hydrogen-bond donors (Lipinski definition) is 0. The molecule has 0 atom stereocenters. The Morgan fingerprint density at radius 2 is 2.08 bits per heavy atom. The van der Waals surface area contributed by atoms with Crippen LogP contribution in [0, 0.1) is 6.92 Å². The molecule has 24 heavy (non-hydrogen) atoms.